The first kappa shape index (κ1) is 11.7. The van der Waals surface area contributed by atoms with E-state index in [1.54, 1.807) is 6.20 Å². The number of aryl methyl sites for hydroxylation is 1. The summed E-state index contributed by atoms with van der Waals surface area (Å²) in [6.07, 6.45) is 3.66. The Morgan fingerprint density at radius 3 is 2.47 bits per heavy atom. The normalized spacial score (nSPS) is 10.8. The number of imidazole rings is 1. The van der Waals surface area contributed by atoms with Crippen LogP contribution in [0.5, 0.6) is 0 Å². The van der Waals surface area contributed by atoms with Gasteiger partial charge in [0.05, 0.1) is 6.54 Å². The summed E-state index contributed by atoms with van der Waals surface area (Å²) in [6.45, 7) is 7.31. The molecule has 3 nitrogen and oxygen atoms in total. The first-order valence-corrected chi connectivity index (χ1v) is 5.98. The lowest BCUT2D eigenvalue weighted by molar-refractivity contribution is 0.666. The number of H-pyrrole nitrogens is 1. The van der Waals surface area contributed by atoms with Gasteiger partial charge in [0.15, 0.2) is 0 Å². The minimum absolute atomic E-state index is 0.447. The summed E-state index contributed by atoms with van der Waals surface area (Å²) in [4.78, 5) is 9.77. The molecule has 17 heavy (non-hydrogen) atoms. The predicted molar refractivity (Wildman–Crippen MR) is 71.1 cm³/mol. The predicted octanol–water partition coefficient (Wildman–Crippen LogP) is 3.13. The molecule has 3 heteroatoms. The summed E-state index contributed by atoms with van der Waals surface area (Å²) >= 11 is 0. The van der Waals surface area contributed by atoms with Crippen LogP contribution in [0.25, 0.3) is 0 Å². The molecule has 0 unspecified atom stereocenters. The number of anilines is 1. The van der Waals surface area contributed by atoms with Gasteiger partial charge in [-0.2, -0.15) is 0 Å². The van der Waals surface area contributed by atoms with E-state index in [4.69, 9.17) is 0 Å². The van der Waals surface area contributed by atoms with Gasteiger partial charge < -0.3 is 9.88 Å². The van der Waals surface area contributed by atoms with E-state index in [1.807, 2.05) is 6.20 Å². The van der Waals surface area contributed by atoms with Crippen LogP contribution in [0.1, 0.15) is 25.2 Å². The first-order chi connectivity index (χ1) is 8.16. The van der Waals surface area contributed by atoms with Crippen LogP contribution < -0.4 is 4.90 Å². The van der Waals surface area contributed by atoms with E-state index in [1.165, 1.54) is 11.3 Å². The monoisotopic (exact) mass is 229 g/mol. The van der Waals surface area contributed by atoms with Gasteiger partial charge in [0.1, 0.15) is 5.82 Å². The standard InChI is InChI=1S/C14H19N3/c1-11(2)17(10-14-15-8-9-16-14)13-6-4-12(3)5-7-13/h4-9,11H,10H2,1-3H3,(H,15,16). The Morgan fingerprint density at radius 1 is 1.24 bits per heavy atom. The Labute approximate surface area is 103 Å². The molecule has 0 aliphatic rings. The Kier molecular flexibility index (Phi) is 3.47. The molecular weight excluding hydrogens is 210 g/mol. The average molecular weight is 229 g/mol. The second-order valence-corrected chi connectivity index (χ2v) is 4.59. The van der Waals surface area contributed by atoms with E-state index >= 15 is 0 Å². The van der Waals surface area contributed by atoms with Crippen LogP contribution in [0.15, 0.2) is 36.7 Å². The van der Waals surface area contributed by atoms with Crippen LogP contribution in [0, 0.1) is 6.92 Å². The Balaban J connectivity index is 2.20. The van der Waals surface area contributed by atoms with Gasteiger partial charge in [0, 0.05) is 24.1 Å². The zero-order valence-electron chi connectivity index (χ0n) is 10.6. The van der Waals surface area contributed by atoms with Crippen molar-refractivity contribution in [2.45, 2.75) is 33.4 Å². The molecule has 0 fully saturated rings. The van der Waals surface area contributed by atoms with E-state index in [-0.39, 0.29) is 0 Å². The van der Waals surface area contributed by atoms with Gasteiger partial charge in [-0.05, 0) is 32.9 Å². The van der Waals surface area contributed by atoms with Gasteiger partial charge in [-0.25, -0.2) is 4.98 Å². The Bertz CT molecular complexity index is 443. The zero-order chi connectivity index (χ0) is 12.3. The smallest absolute Gasteiger partial charge is 0.125 e. The van der Waals surface area contributed by atoms with Crippen molar-refractivity contribution >= 4 is 5.69 Å². The van der Waals surface area contributed by atoms with Crippen LogP contribution in [0.4, 0.5) is 5.69 Å². The molecule has 0 bridgehead atoms. The summed E-state index contributed by atoms with van der Waals surface area (Å²) < 4.78 is 0. The molecule has 0 spiro atoms. The molecular formula is C14H19N3. The minimum Gasteiger partial charge on any atom is -0.362 e. The van der Waals surface area contributed by atoms with Gasteiger partial charge in [-0.15, -0.1) is 0 Å². The highest BCUT2D eigenvalue weighted by Crippen LogP contribution is 2.19. The highest BCUT2D eigenvalue weighted by atomic mass is 15.2. The number of rotatable bonds is 4. The topological polar surface area (TPSA) is 31.9 Å². The molecule has 0 atom stereocenters. The fourth-order valence-corrected chi connectivity index (χ4v) is 1.85. The third kappa shape index (κ3) is 2.87. The summed E-state index contributed by atoms with van der Waals surface area (Å²) in [6, 6.07) is 9.07. The quantitative estimate of drug-likeness (QED) is 0.873. The van der Waals surface area contributed by atoms with Crippen molar-refractivity contribution in [1.29, 1.82) is 0 Å². The number of nitrogens with one attached hydrogen (secondary N) is 1. The van der Waals surface area contributed by atoms with Crippen molar-refractivity contribution in [1.82, 2.24) is 9.97 Å². The van der Waals surface area contributed by atoms with Gasteiger partial charge in [0.25, 0.3) is 0 Å². The highest BCUT2D eigenvalue weighted by Gasteiger charge is 2.11. The third-order valence-corrected chi connectivity index (χ3v) is 2.86. The number of aromatic nitrogens is 2. The molecule has 90 valence electrons. The maximum Gasteiger partial charge on any atom is 0.125 e. The molecule has 0 aliphatic carbocycles. The molecule has 1 N–H and O–H groups in total. The minimum atomic E-state index is 0.447. The van der Waals surface area contributed by atoms with Crippen LogP contribution >= 0.6 is 0 Å². The number of hydrogen-bond donors (Lipinski definition) is 1. The Morgan fingerprint density at radius 2 is 1.94 bits per heavy atom. The van der Waals surface area contributed by atoms with E-state index in [0.29, 0.717) is 6.04 Å². The molecule has 0 saturated heterocycles. The van der Waals surface area contributed by atoms with Crippen molar-refractivity contribution in [3.05, 3.63) is 48.0 Å². The number of aromatic amines is 1. The molecule has 1 heterocycles. The molecule has 1 aromatic carbocycles. The second kappa shape index (κ2) is 5.04. The highest BCUT2D eigenvalue weighted by molar-refractivity contribution is 5.48. The van der Waals surface area contributed by atoms with Crippen LogP contribution in [0.2, 0.25) is 0 Å². The summed E-state index contributed by atoms with van der Waals surface area (Å²) in [5.41, 5.74) is 2.53. The van der Waals surface area contributed by atoms with Crippen molar-refractivity contribution < 1.29 is 0 Å². The summed E-state index contributed by atoms with van der Waals surface area (Å²) in [7, 11) is 0. The van der Waals surface area contributed by atoms with Gasteiger partial charge in [-0.1, -0.05) is 17.7 Å². The van der Waals surface area contributed by atoms with E-state index in [0.717, 1.165) is 12.4 Å². The third-order valence-electron chi connectivity index (χ3n) is 2.86. The zero-order valence-corrected chi connectivity index (χ0v) is 10.6. The molecule has 0 saturated carbocycles. The molecule has 0 radical (unpaired) electrons. The maximum atomic E-state index is 4.28. The van der Waals surface area contributed by atoms with Crippen LogP contribution in [-0.2, 0) is 6.54 Å². The molecule has 2 rings (SSSR count). The van der Waals surface area contributed by atoms with Crippen LogP contribution in [0.3, 0.4) is 0 Å². The lowest BCUT2D eigenvalue weighted by atomic mass is 10.2. The SMILES string of the molecule is Cc1ccc(N(Cc2ncc[nH]2)C(C)C)cc1. The fraction of sp³-hybridized carbons (Fsp3) is 0.357. The van der Waals surface area contributed by atoms with E-state index < -0.39 is 0 Å². The maximum absolute atomic E-state index is 4.28. The van der Waals surface area contributed by atoms with Crippen molar-refractivity contribution in [2.24, 2.45) is 0 Å². The van der Waals surface area contributed by atoms with E-state index in [9.17, 15) is 0 Å². The second-order valence-electron chi connectivity index (χ2n) is 4.59. The molecule has 0 aliphatic heterocycles. The van der Waals surface area contributed by atoms with Gasteiger partial charge in [0.2, 0.25) is 0 Å². The first-order valence-electron chi connectivity index (χ1n) is 5.98. The number of hydrogen-bond acceptors (Lipinski definition) is 2. The van der Waals surface area contributed by atoms with Crippen molar-refractivity contribution in [2.75, 3.05) is 4.90 Å². The summed E-state index contributed by atoms with van der Waals surface area (Å²) in [5.74, 6) is 0.999. The Hall–Kier alpha value is -1.77. The van der Waals surface area contributed by atoms with Crippen molar-refractivity contribution in [3.8, 4) is 0 Å². The summed E-state index contributed by atoms with van der Waals surface area (Å²) in [5, 5.41) is 0. The molecule has 0 amide bonds. The van der Waals surface area contributed by atoms with Gasteiger partial charge in [-0.3, -0.25) is 0 Å². The van der Waals surface area contributed by atoms with Crippen molar-refractivity contribution in [3.63, 3.8) is 0 Å². The average Bonchev–Trinajstić information content (AvgIpc) is 2.80. The molecule has 2 aromatic rings. The number of benzene rings is 1. The lowest BCUT2D eigenvalue weighted by Gasteiger charge is -2.28. The van der Waals surface area contributed by atoms with Crippen LogP contribution in [-0.4, -0.2) is 16.0 Å². The lowest BCUT2D eigenvalue weighted by Crippen LogP contribution is -2.30. The largest absolute Gasteiger partial charge is 0.362 e. The number of nitrogens with zero attached hydrogens (tertiary/aromatic N) is 2. The fourth-order valence-electron chi connectivity index (χ4n) is 1.85. The van der Waals surface area contributed by atoms with E-state index in [2.05, 4.69) is 59.9 Å². The van der Waals surface area contributed by atoms with Gasteiger partial charge >= 0.3 is 0 Å². The molecule has 1 aromatic heterocycles.